The molecule has 2 aliphatic rings. The monoisotopic (exact) mass is 398 g/mol. The first-order valence-corrected chi connectivity index (χ1v) is 11.3. The Kier molecular flexibility index (Phi) is 4.70. The Hall–Kier alpha value is -2.34. The second-order valence-corrected chi connectivity index (χ2v) is 9.73. The summed E-state index contributed by atoms with van der Waals surface area (Å²) in [5.74, 6) is 0.310. The second kappa shape index (κ2) is 6.92. The maximum absolute atomic E-state index is 13.0. The van der Waals surface area contributed by atoms with Crippen LogP contribution in [0.1, 0.15) is 42.9 Å². The topological polar surface area (TPSA) is 66.5 Å². The van der Waals surface area contributed by atoms with Crippen molar-refractivity contribution in [1.82, 2.24) is 0 Å². The number of amides is 1. The number of benzene rings is 2. The van der Waals surface area contributed by atoms with Gasteiger partial charge < -0.3 is 4.90 Å². The van der Waals surface area contributed by atoms with E-state index in [0.29, 0.717) is 12.1 Å². The van der Waals surface area contributed by atoms with Crippen LogP contribution < -0.4 is 9.62 Å². The fourth-order valence-corrected chi connectivity index (χ4v) is 5.38. The van der Waals surface area contributed by atoms with E-state index in [1.807, 2.05) is 43.9 Å². The van der Waals surface area contributed by atoms with Crippen LogP contribution in [-0.4, -0.2) is 20.4 Å². The summed E-state index contributed by atoms with van der Waals surface area (Å²) in [6, 6.07) is 10.9. The Morgan fingerprint density at radius 1 is 1.11 bits per heavy atom. The Morgan fingerprint density at radius 3 is 2.39 bits per heavy atom. The molecule has 2 aromatic rings. The van der Waals surface area contributed by atoms with Crippen LogP contribution in [0.5, 0.6) is 0 Å². The van der Waals surface area contributed by atoms with Crippen LogP contribution in [0.3, 0.4) is 0 Å². The van der Waals surface area contributed by atoms with Gasteiger partial charge in [0.05, 0.1) is 10.6 Å². The van der Waals surface area contributed by atoms with Gasteiger partial charge in [-0.2, -0.15) is 0 Å². The fraction of sp³-hybridized carbons (Fsp3) is 0.409. The van der Waals surface area contributed by atoms with E-state index in [2.05, 4.69) is 4.72 Å². The average molecular weight is 399 g/mol. The Morgan fingerprint density at radius 2 is 1.79 bits per heavy atom. The van der Waals surface area contributed by atoms with E-state index in [1.54, 1.807) is 18.2 Å². The lowest BCUT2D eigenvalue weighted by Gasteiger charge is -2.32. The first kappa shape index (κ1) is 19.0. The SMILES string of the molecule is Cc1cccc(C)c1NS(=O)(=O)c1ccc2c(c1)CC(C)N2C(=O)C1CCC1. The molecule has 2 aromatic carbocycles. The van der Waals surface area contributed by atoms with Crippen molar-refractivity contribution < 1.29 is 13.2 Å². The summed E-state index contributed by atoms with van der Waals surface area (Å²) in [5.41, 5.74) is 4.17. The molecule has 0 bridgehead atoms. The van der Waals surface area contributed by atoms with Gasteiger partial charge in [-0.3, -0.25) is 9.52 Å². The zero-order valence-corrected chi connectivity index (χ0v) is 17.3. The van der Waals surface area contributed by atoms with Crippen LogP contribution in [0.15, 0.2) is 41.3 Å². The van der Waals surface area contributed by atoms with E-state index in [-0.39, 0.29) is 22.8 Å². The predicted molar refractivity (Wildman–Crippen MR) is 111 cm³/mol. The second-order valence-electron chi connectivity index (χ2n) is 8.05. The van der Waals surface area contributed by atoms with Gasteiger partial charge >= 0.3 is 0 Å². The zero-order chi connectivity index (χ0) is 20.1. The molecule has 1 saturated carbocycles. The highest BCUT2D eigenvalue weighted by atomic mass is 32.2. The van der Waals surface area contributed by atoms with E-state index in [0.717, 1.165) is 41.6 Å². The van der Waals surface area contributed by atoms with Gasteiger partial charge in [0.25, 0.3) is 10.0 Å². The summed E-state index contributed by atoms with van der Waals surface area (Å²) in [6.45, 7) is 5.80. The van der Waals surface area contributed by atoms with Crippen molar-refractivity contribution >= 4 is 27.3 Å². The Labute approximate surface area is 166 Å². The lowest BCUT2D eigenvalue weighted by Crippen LogP contribution is -2.42. The molecule has 1 aliphatic carbocycles. The molecule has 4 rings (SSSR count). The third-order valence-electron chi connectivity index (χ3n) is 5.99. The molecule has 1 unspecified atom stereocenters. The number of nitrogens with one attached hydrogen (secondary N) is 1. The number of aryl methyl sites for hydroxylation is 2. The quantitative estimate of drug-likeness (QED) is 0.840. The minimum Gasteiger partial charge on any atom is -0.309 e. The van der Waals surface area contributed by atoms with Crippen molar-refractivity contribution in [3.63, 3.8) is 0 Å². The first-order chi connectivity index (χ1) is 13.3. The molecular weight excluding hydrogens is 372 g/mol. The van der Waals surface area contributed by atoms with Gasteiger partial charge in [-0.15, -0.1) is 0 Å². The van der Waals surface area contributed by atoms with Gasteiger partial charge in [-0.05, 0) is 74.9 Å². The number of carbonyl (C=O) groups is 1. The molecule has 6 heteroatoms. The molecule has 1 fully saturated rings. The molecule has 1 N–H and O–H groups in total. The lowest BCUT2D eigenvalue weighted by atomic mass is 9.84. The van der Waals surface area contributed by atoms with E-state index < -0.39 is 10.0 Å². The highest BCUT2D eigenvalue weighted by Gasteiger charge is 2.37. The Bertz CT molecular complexity index is 1020. The summed E-state index contributed by atoms with van der Waals surface area (Å²) >= 11 is 0. The normalized spacial score (nSPS) is 19.2. The van der Waals surface area contributed by atoms with Gasteiger partial charge in [0.1, 0.15) is 0 Å². The van der Waals surface area contributed by atoms with Crippen molar-refractivity contribution in [3.05, 3.63) is 53.1 Å². The summed E-state index contributed by atoms with van der Waals surface area (Å²) in [5, 5.41) is 0. The summed E-state index contributed by atoms with van der Waals surface area (Å²) in [6.07, 6.45) is 3.72. The van der Waals surface area contributed by atoms with Crippen molar-refractivity contribution in [1.29, 1.82) is 0 Å². The van der Waals surface area contributed by atoms with Gasteiger partial charge in [0.15, 0.2) is 0 Å². The van der Waals surface area contributed by atoms with Crippen molar-refractivity contribution in [2.75, 3.05) is 9.62 Å². The van der Waals surface area contributed by atoms with Crippen molar-refractivity contribution in [3.8, 4) is 0 Å². The molecule has 1 amide bonds. The molecule has 1 aliphatic heterocycles. The maximum atomic E-state index is 13.0. The lowest BCUT2D eigenvalue weighted by molar-refractivity contribution is -0.125. The highest BCUT2D eigenvalue weighted by molar-refractivity contribution is 7.92. The number of sulfonamides is 1. The molecule has 1 atom stereocenters. The molecule has 0 aromatic heterocycles. The minimum absolute atomic E-state index is 0.0626. The third kappa shape index (κ3) is 3.20. The molecule has 0 spiro atoms. The van der Waals surface area contributed by atoms with Crippen molar-refractivity contribution in [2.24, 2.45) is 5.92 Å². The molecule has 148 valence electrons. The van der Waals surface area contributed by atoms with Crippen LogP contribution >= 0.6 is 0 Å². The minimum atomic E-state index is -3.70. The molecule has 28 heavy (non-hydrogen) atoms. The standard InChI is InChI=1S/C22H26N2O3S/c1-14-6-4-7-15(2)21(14)23-28(26,27)19-10-11-20-18(13-19)12-16(3)24(20)22(25)17-8-5-9-17/h4,6-7,10-11,13,16-17,23H,5,8-9,12H2,1-3H3. The zero-order valence-electron chi connectivity index (χ0n) is 16.5. The largest absolute Gasteiger partial charge is 0.309 e. The van der Waals surface area contributed by atoms with Crippen molar-refractivity contribution in [2.45, 2.75) is 57.4 Å². The molecule has 0 radical (unpaired) electrons. The van der Waals surface area contributed by atoms with Gasteiger partial charge in [0, 0.05) is 17.6 Å². The molecule has 5 nitrogen and oxygen atoms in total. The van der Waals surface area contributed by atoms with Crippen LogP contribution in [0.25, 0.3) is 0 Å². The van der Waals surface area contributed by atoms with E-state index in [9.17, 15) is 13.2 Å². The molecule has 1 heterocycles. The summed E-state index contributed by atoms with van der Waals surface area (Å²) in [7, 11) is -3.70. The van der Waals surface area contributed by atoms with Gasteiger partial charge in [-0.25, -0.2) is 8.42 Å². The smallest absolute Gasteiger partial charge is 0.261 e. The summed E-state index contributed by atoms with van der Waals surface area (Å²) in [4.78, 5) is 14.9. The Balaban J connectivity index is 1.64. The van der Waals surface area contributed by atoms with E-state index in [1.165, 1.54) is 0 Å². The number of para-hydroxylation sites is 1. The van der Waals surface area contributed by atoms with E-state index in [4.69, 9.17) is 0 Å². The highest BCUT2D eigenvalue weighted by Crippen LogP contribution is 2.38. The van der Waals surface area contributed by atoms with Crippen LogP contribution in [-0.2, 0) is 21.2 Å². The van der Waals surface area contributed by atoms with Gasteiger partial charge in [0.2, 0.25) is 5.91 Å². The van der Waals surface area contributed by atoms with Crippen LogP contribution in [0.2, 0.25) is 0 Å². The number of carbonyl (C=O) groups excluding carboxylic acids is 1. The van der Waals surface area contributed by atoms with Crippen LogP contribution in [0, 0.1) is 19.8 Å². The number of rotatable bonds is 4. The molecule has 0 saturated heterocycles. The average Bonchev–Trinajstić information content (AvgIpc) is 2.91. The molecular formula is C22H26N2O3S. The predicted octanol–water partition coefficient (Wildman–Crippen LogP) is 4.18. The number of hydrogen-bond donors (Lipinski definition) is 1. The summed E-state index contributed by atoms with van der Waals surface area (Å²) < 4.78 is 28.7. The number of fused-ring (bicyclic) bond motifs is 1. The maximum Gasteiger partial charge on any atom is 0.261 e. The van der Waals surface area contributed by atoms with E-state index >= 15 is 0 Å². The fourth-order valence-electron chi connectivity index (χ4n) is 4.13. The number of hydrogen-bond acceptors (Lipinski definition) is 3. The number of anilines is 2. The van der Waals surface area contributed by atoms with Crippen LogP contribution in [0.4, 0.5) is 11.4 Å². The third-order valence-corrected chi connectivity index (χ3v) is 7.33. The first-order valence-electron chi connectivity index (χ1n) is 9.83. The number of nitrogens with zero attached hydrogens (tertiary/aromatic N) is 1. The van der Waals surface area contributed by atoms with Gasteiger partial charge in [-0.1, -0.05) is 24.6 Å².